The molecule has 1 aliphatic heterocycles. The number of hydrogen-bond donors (Lipinski definition) is 2. The van der Waals surface area contributed by atoms with Gasteiger partial charge in [0.25, 0.3) is 0 Å². The molecule has 0 unspecified atom stereocenters. The molecule has 0 saturated heterocycles. The number of nitrogens with zero attached hydrogens (tertiary/aromatic N) is 3. The molecule has 1 fully saturated rings. The van der Waals surface area contributed by atoms with E-state index in [1.54, 1.807) is 0 Å². The molecule has 1 aromatic heterocycles. The van der Waals surface area contributed by atoms with E-state index in [1.807, 2.05) is 6.92 Å². The van der Waals surface area contributed by atoms with Crippen LogP contribution >= 0.6 is 0 Å². The molecular weight excluding hydrogens is 230 g/mol. The van der Waals surface area contributed by atoms with Gasteiger partial charge in [-0.1, -0.05) is 0 Å². The zero-order chi connectivity index (χ0) is 12.5. The number of aromatic nitrogens is 3. The smallest absolute Gasteiger partial charge is 0.223 e. The van der Waals surface area contributed by atoms with Crippen LogP contribution in [0.5, 0.6) is 0 Å². The van der Waals surface area contributed by atoms with Crippen LogP contribution in [0.25, 0.3) is 0 Å². The monoisotopic (exact) mass is 249 g/mol. The van der Waals surface area contributed by atoms with Crippen LogP contribution in [0.3, 0.4) is 0 Å². The van der Waals surface area contributed by atoms with Crippen molar-refractivity contribution in [3.63, 3.8) is 0 Å². The molecule has 1 atom stereocenters. The Labute approximate surface area is 106 Å². The number of rotatable bonds is 3. The van der Waals surface area contributed by atoms with Gasteiger partial charge in [-0.05, 0) is 19.8 Å². The van der Waals surface area contributed by atoms with E-state index in [4.69, 9.17) is 0 Å². The fraction of sp³-hybridized carbons (Fsp3) is 0.750. The zero-order valence-electron chi connectivity index (χ0n) is 10.6. The number of amides is 1. The Morgan fingerprint density at radius 1 is 1.44 bits per heavy atom. The standard InChI is InChI=1S/C12H19N5O/c1-8(14-12(18)9-2-3-9)11-16-15-10-4-5-13-6-7-17(10)11/h8-9,13H,2-7H2,1H3,(H,14,18)/t8-/m1/s1. The summed E-state index contributed by atoms with van der Waals surface area (Å²) in [6, 6.07) is -0.0579. The van der Waals surface area contributed by atoms with Crippen molar-refractivity contribution in [3.05, 3.63) is 11.6 Å². The molecule has 0 spiro atoms. The lowest BCUT2D eigenvalue weighted by atomic mass is 10.2. The maximum Gasteiger partial charge on any atom is 0.223 e. The predicted molar refractivity (Wildman–Crippen MR) is 65.9 cm³/mol. The van der Waals surface area contributed by atoms with E-state index in [2.05, 4.69) is 25.4 Å². The van der Waals surface area contributed by atoms with E-state index in [9.17, 15) is 4.79 Å². The fourth-order valence-electron chi connectivity index (χ4n) is 2.36. The predicted octanol–water partition coefficient (Wildman–Crippen LogP) is 0.0110. The molecule has 2 aliphatic rings. The molecular formula is C12H19N5O. The highest BCUT2D eigenvalue weighted by atomic mass is 16.2. The van der Waals surface area contributed by atoms with Gasteiger partial charge >= 0.3 is 0 Å². The third kappa shape index (κ3) is 2.25. The van der Waals surface area contributed by atoms with E-state index >= 15 is 0 Å². The highest BCUT2D eigenvalue weighted by Crippen LogP contribution is 2.29. The second-order valence-corrected chi connectivity index (χ2v) is 5.13. The molecule has 0 aromatic carbocycles. The van der Waals surface area contributed by atoms with E-state index in [0.29, 0.717) is 0 Å². The van der Waals surface area contributed by atoms with Gasteiger partial charge in [-0.25, -0.2) is 0 Å². The lowest BCUT2D eigenvalue weighted by molar-refractivity contribution is -0.123. The number of nitrogens with one attached hydrogen (secondary N) is 2. The summed E-state index contributed by atoms with van der Waals surface area (Å²) in [5.41, 5.74) is 0. The Bertz CT molecular complexity index is 451. The minimum atomic E-state index is -0.0579. The molecule has 6 nitrogen and oxygen atoms in total. The van der Waals surface area contributed by atoms with Crippen LogP contribution in [-0.4, -0.2) is 33.8 Å². The molecule has 1 saturated carbocycles. The second kappa shape index (κ2) is 4.68. The van der Waals surface area contributed by atoms with Crippen LogP contribution in [0.4, 0.5) is 0 Å². The van der Waals surface area contributed by atoms with Gasteiger partial charge in [0, 0.05) is 32.0 Å². The summed E-state index contributed by atoms with van der Waals surface area (Å²) in [6.45, 7) is 4.74. The molecule has 1 aliphatic carbocycles. The summed E-state index contributed by atoms with van der Waals surface area (Å²) in [4.78, 5) is 11.8. The number of carbonyl (C=O) groups is 1. The summed E-state index contributed by atoms with van der Waals surface area (Å²) in [6.07, 6.45) is 2.96. The summed E-state index contributed by atoms with van der Waals surface area (Å²) in [7, 11) is 0. The zero-order valence-corrected chi connectivity index (χ0v) is 10.6. The van der Waals surface area contributed by atoms with Gasteiger partial charge in [0.1, 0.15) is 5.82 Å². The van der Waals surface area contributed by atoms with Crippen molar-refractivity contribution >= 4 is 5.91 Å². The van der Waals surface area contributed by atoms with Crippen molar-refractivity contribution in [1.29, 1.82) is 0 Å². The van der Waals surface area contributed by atoms with Crippen LogP contribution < -0.4 is 10.6 Å². The summed E-state index contributed by atoms with van der Waals surface area (Å²) in [5.74, 6) is 2.29. The molecule has 2 heterocycles. The Morgan fingerprint density at radius 2 is 2.28 bits per heavy atom. The Morgan fingerprint density at radius 3 is 3.06 bits per heavy atom. The van der Waals surface area contributed by atoms with E-state index in [-0.39, 0.29) is 17.9 Å². The van der Waals surface area contributed by atoms with Gasteiger partial charge in [-0.2, -0.15) is 0 Å². The van der Waals surface area contributed by atoms with Gasteiger partial charge < -0.3 is 15.2 Å². The van der Waals surface area contributed by atoms with Crippen molar-refractivity contribution in [2.24, 2.45) is 5.92 Å². The first-order valence-electron chi connectivity index (χ1n) is 6.69. The minimum Gasteiger partial charge on any atom is -0.346 e. The topological polar surface area (TPSA) is 71.8 Å². The summed E-state index contributed by atoms with van der Waals surface area (Å²) >= 11 is 0. The van der Waals surface area contributed by atoms with E-state index in [0.717, 1.165) is 50.5 Å². The van der Waals surface area contributed by atoms with Crippen molar-refractivity contribution in [2.45, 2.75) is 38.8 Å². The molecule has 1 amide bonds. The van der Waals surface area contributed by atoms with Crippen LogP contribution in [0.15, 0.2) is 0 Å². The SMILES string of the molecule is C[C@@H](NC(=O)C1CC1)c1nnc2n1CCNCC2. The highest BCUT2D eigenvalue weighted by Gasteiger charge is 2.31. The summed E-state index contributed by atoms with van der Waals surface area (Å²) < 4.78 is 2.14. The molecule has 2 N–H and O–H groups in total. The molecule has 18 heavy (non-hydrogen) atoms. The second-order valence-electron chi connectivity index (χ2n) is 5.13. The third-order valence-electron chi connectivity index (χ3n) is 3.59. The first kappa shape index (κ1) is 11.6. The van der Waals surface area contributed by atoms with Crippen LogP contribution in [0, 0.1) is 5.92 Å². The van der Waals surface area contributed by atoms with Gasteiger partial charge in [0.15, 0.2) is 5.82 Å². The molecule has 0 bridgehead atoms. The third-order valence-corrected chi connectivity index (χ3v) is 3.59. The van der Waals surface area contributed by atoms with Gasteiger partial charge in [0.2, 0.25) is 5.91 Å². The number of fused-ring (bicyclic) bond motifs is 1. The van der Waals surface area contributed by atoms with Crippen LogP contribution in [-0.2, 0) is 17.8 Å². The molecule has 0 radical (unpaired) electrons. The molecule has 3 rings (SSSR count). The van der Waals surface area contributed by atoms with Gasteiger partial charge in [-0.3, -0.25) is 4.79 Å². The molecule has 1 aromatic rings. The maximum absolute atomic E-state index is 11.8. The van der Waals surface area contributed by atoms with Gasteiger partial charge in [-0.15, -0.1) is 10.2 Å². The average molecular weight is 249 g/mol. The number of hydrogen-bond acceptors (Lipinski definition) is 4. The van der Waals surface area contributed by atoms with Gasteiger partial charge in [0.05, 0.1) is 6.04 Å². The highest BCUT2D eigenvalue weighted by molar-refractivity contribution is 5.81. The average Bonchev–Trinajstić information content (AvgIpc) is 3.15. The van der Waals surface area contributed by atoms with Crippen molar-refractivity contribution < 1.29 is 4.79 Å². The van der Waals surface area contributed by atoms with Crippen LogP contribution in [0.2, 0.25) is 0 Å². The van der Waals surface area contributed by atoms with Crippen molar-refractivity contribution in [1.82, 2.24) is 25.4 Å². The summed E-state index contributed by atoms with van der Waals surface area (Å²) in [5, 5.41) is 14.8. The van der Waals surface area contributed by atoms with E-state index in [1.165, 1.54) is 0 Å². The Balaban J connectivity index is 1.74. The lowest BCUT2D eigenvalue weighted by Gasteiger charge is -2.14. The van der Waals surface area contributed by atoms with E-state index < -0.39 is 0 Å². The minimum absolute atomic E-state index is 0.0579. The Kier molecular flexibility index (Phi) is 3.03. The Hall–Kier alpha value is -1.43. The fourth-order valence-corrected chi connectivity index (χ4v) is 2.36. The van der Waals surface area contributed by atoms with Crippen LogP contribution in [0.1, 0.15) is 37.5 Å². The lowest BCUT2D eigenvalue weighted by Crippen LogP contribution is -2.30. The first-order chi connectivity index (χ1) is 8.75. The van der Waals surface area contributed by atoms with Crippen molar-refractivity contribution in [3.8, 4) is 0 Å². The van der Waals surface area contributed by atoms with Crippen molar-refractivity contribution in [2.75, 3.05) is 13.1 Å². The normalized spacial score (nSPS) is 20.9. The largest absolute Gasteiger partial charge is 0.346 e. The molecule has 98 valence electrons. The maximum atomic E-state index is 11.8. The number of carbonyl (C=O) groups excluding carboxylic acids is 1. The first-order valence-corrected chi connectivity index (χ1v) is 6.69. The quantitative estimate of drug-likeness (QED) is 0.791. The molecule has 6 heteroatoms.